The molecule has 4 rings (SSSR count). The van der Waals surface area contributed by atoms with Gasteiger partial charge in [0.1, 0.15) is 5.82 Å². The van der Waals surface area contributed by atoms with Gasteiger partial charge in [-0.25, -0.2) is 4.98 Å². The molecule has 2 heterocycles. The number of rotatable bonds is 4. The molecule has 138 valence electrons. The van der Waals surface area contributed by atoms with Crippen molar-refractivity contribution in [1.29, 1.82) is 0 Å². The van der Waals surface area contributed by atoms with Gasteiger partial charge < -0.3 is 15.0 Å². The van der Waals surface area contributed by atoms with Gasteiger partial charge in [0.05, 0.1) is 12.1 Å². The Balaban J connectivity index is 0.000000948. The van der Waals surface area contributed by atoms with E-state index in [0.29, 0.717) is 12.0 Å². The molecule has 5 heteroatoms. The van der Waals surface area contributed by atoms with E-state index in [4.69, 9.17) is 4.98 Å². The molecule has 0 saturated heterocycles. The van der Waals surface area contributed by atoms with Crippen molar-refractivity contribution in [2.75, 3.05) is 5.32 Å². The van der Waals surface area contributed by atoms with Crippen LogP contribution in [0.1, 0.15) is 51.5 Å². The number of aliphatic hydroxyl groups excluding tert-OH is 1. The normalized spacial score (nSPS) is 14.7. The summed E-state index contributed by atoms with van der Waals surface area (Å²) in [6.07, 6.45) is 10.1. The first-order valence-corrected chi connectivity index (χ1v) is 9.65. The predicted octanol–water partition coefficient (Wildman–Crippen LogP) is 4.68. The fourth-order valence-corrected chi connectivity index (χ4v) is 3.55. The number of anilines is 1. The molecule has 0 unspecified atom stereocenters. The lowest BCUT2D eigenvalue weighted by atomic mass is 9.96. The minimum absolute atomic E-state index is 0.0413. The van der Waals surface area contributed by atoms with Crippen LogP contribution in [0.15, 0.2) is 42.7 Å². The molecule has 0 amide bonds. The monoisotopic (exact) mass is 352 g/mol. The highest BCUT2D eigenvalue weighted by Crippen LogP contribution is 2.24. The number of aromatic nitrogens is 3. The van der Waals surface area contributed by atoms with Gasteiger partial charge in [0, 0.05) is 23.8 Å². The van der Waals surface area contributed by atoms with Crippen molar-refractivity contribution in [3.8, 4) is 5.82 Å². The summed E-state index contributed by atoms with van der Waals surface area (Å²) < 4.78 is 2.04. The summed E-state index contributed by atoms with van der Waals surface area (Å²) in [6.45, 7) is 4.04. The Morgan fingerprint density at radius 1 is 1.12 bits per heavy atom. The Hall–Kier alpha value is -2.40. The fourth-order valence-electron chi connectivity index (χ4n) is 3.55. The molecule has 0 aliphatic heterocycles. The molecule has 1 saturated carbocycles. The van der Waals surface area contributed by atoms with Gasteiger partial charge in [-0.1, -0.05) is 45.2 Å². The van der Waals surface area contributed by atoms with E-state index >= 15 is 0 Å². The maximum absolute atomic E-state index is 9.50. The summed E-state index contributed by atoms with van der Waals surface area (Å²) in [5.74, 6) is 1.54. The first-order valence-electron chi connectivity index (χ1n) is 9.65. The van der Waals surface area contributed by atoms with E-state index in [2.05, 4.69) is 10.3 Å². The van der Waals surface area contributed by atoms with Gasteiger partial charge in [0.15, 0.2) is 0 Å². The molecule has 26 heavy (non-hydrogen) atoms. The maximum atomic E-state index is 9.50. The van der Waals surface area contributed by atoms with Gasteiger partial charge in [-0.05, 0) is 36.6 Å². The van der Waals surface area contributed by atoms with Crippen molar-refractivity contribution in [1.82, 2.24) is 14.5 Å². The third-order valence-electron chi connectivity index (χ3n) is 4.82. The van der Waals surface area contributed by atoms with Crippen LogP contribution in [0.2, 0.25) is 0 Å². The van der Waals surface area contributed by atoms with Crippen LogP contribution >= 0.6 is 0 Å². The highest BCUT2D eigenvalue weighted by atomic mass is 16.3. The molecule has 0 radical (unpaired) electrons. The second-order valence-electron chi connectivity index (χ2n) is 6.41. The van der Waals surface area contributed by atoms with Crippen molar-refractivity contribution in [2.24, 2.45) is 0 Å². The second-order valence-corrected chi connectivity index (χ2v) is 6.41. The molecule has 0 bridgehead atoms. The van der Waals surface area contributed by atoms with Crippen LogP contribution in [0.4, 0.5) is 5.95 Å². The smallest absolute Gasteiger partial charge is 0.224 e. The van der Waals surface area contributed by atoms with E-state index in [1.165, 1.54) is 32.1 Å². The Kier molecular flexibility index (Phi) is 6.23. The largest absolute Gasteiger partial charge is 0.392 e. The average molecular weight is 352 g/mol. The lowest BCUT2D eigenvalue weighted by Gasteiger charge is -2.22. The number of benzene rings is 1. The highest BCUT2D eigenvalue weighted by molar-refractivity contribution is 5.85. The van der Waals surface area contributed by atoms with Gasteiger partial charge in [-0.2, -0.15) is 4.98 Å². The molecule has 2 N–H and O–H groups in total. The van der Waals surface area contributed by atoms with E-state index in [0.717, 1.165) is 22.3 Å². The van der Waals surface area contributed by atoms with Gasteiger partial charge in [0.2, 0.25) is 5.95 Å². The number of hydrogen-bond donors (Lipinski definition) is 2. The fraction of sp³-hybridized carbons (Fsp3) is 0.429. The van der Waals surface area contributed by atoms with Crippen LogP contribution in [-0.4, -0.2) is 25.7 Å². The number of nitrogens with zero attached hydrogens (tertiary/aromatic N) is 3. The van der Waals surface area contributed by atoms with Crippen molar-refractivity contribution in [3.63, 3.8) is 0 Å². The van der Waals surface area contributed by atoms with Gasteiger partial charge in [-0.3, -0.25) is 0 Å². The molecule has 1 fully saturated rings. The standard InChI is InChI=1S/C19H22N4O.C2H6/c24-13-14-5-4-8-17-16(14)10-12-23(17)18-9-11-20-19(22-18)21-15-6-2-1-3-7-15;1-2/h4-5,8-12,15,24H,1-3,6-7,13H2,(H,20,21,22);1-2H3. The molecule has 1 aliphatic carbocycles. The molecule has 0 spiro atoms. The van der Waals surface area contributed by atoms with Crippen LogP contribution in [0.25, 0.3) is 16.7 Å². The summed E-state index contributed by atoms with van der Waals surface area (Å²) >= 11 is 0. The second kappa shape index (κ2) is 8.81. The van der Waals surface area contributed by atoms with Crippen LogP contribution in [0.5, 0.6) is 0 Å². The van der Waals surface area contributed by atoms with Crippen molar-refractivity contribution < 1.29 is 5.11 Å². The predicted molar refractivity (Wildman–Crippen MR) is 107 cm³/mol. The third-order valence-corrected chi connectivity index (χ3v) is 4.82. The Morgan fingerprint density at radius 3 is 2.69 bits per heavy atom. The van der Waals surface area contributed by atoms with Gasteiger partial charge in [-0.15, -0.1) is 0 Å². The molecule has 2 aromatic heterocycles. The van der Waals surface area contributed by atoms with Gasteiger partial charge in [0.25, 0.3) is 0 Å². The third kappa shape index (κ3) is 3.88. The minimum atomic E-state index is 0.0413. The topological polar surface area (TPSA) is 63.0 Å². The lowest BCUT2D eigenvalue weighted by Crippen LogP contribution is -2.23. The molecule has 5 nitrogen and oxygen atoms in total. The molecule has 1 aliphatic rings. The maximum Gasteiger partial charge on any atom is 0.224 e. The van der Waals surface area contributed by atoms with E-state index < -0.39 is 0 Å². The highest BCUT2D eigenvalue weighted by Gasteiger charge is 2.14. The van der Waals surface area contributed by atoms with E-state index in [1.54, 1.807) is 6.20 Å². The summed E-state index contributed by atoms with van der Waals surface area (Å²) in [5, 5.41) is 14.0. The van der Waals surface area contributed by atoms with Crippen LogP contribution in [-0.2, 0) is 6.61 Å². The lowest BCUT2D eigenvalue weighted by molar-refractivity contribution is 0.283. The Morgan fingerprint density at radius 2 is 1.92 bits per heavy atom. The summed E-state index contributed by atoms with van der Waals surface area (Å²) in [6, 6.07) is 10.4. The molecule has 1 aromatic carbocycles. The summed E-state index contributed by atoms with van der Waals surface area (Å²) in [7, 11) is 0. The zero-order valence-electron chi connectivity index (χ0n) is 15.7. The number of hydrogen-bond acceptors (Lipinski definition) is 4. The average Bonchev–Trinajstić information content (AvgIpc) is 3.15. The summed E-state index contributed by atoms with van der Waals surface area (Å²) in [4.78, 5) is 9.07. The minimum Gasteiger partial charge on any atom is -0.392 e. The van der Waals surface area contributed by atoms with Crippen molar-refractivity contribution >= 4 is 16.9 Å². The van der Waals surface area contributed by atoms with E-state index in [-0.39, 0.29) is 6.61 Å². The quantitative estimate of drug-likeness (QED) is 0.715. The first-order chi connectivity index (χ1) is 12.8. The van der Waals surface area contributed by atoms with E-state index in [9.17, 15) is 5.11 Å². The van der Waals surface area contributed by atoms with E-state index in [1.807, 2.05) is 54.9 Å². The Bertz CT molecular complexity index is 837. The number of aliphatic hydroxyl groups is 1. The van der Waals surface area contributed by atoms with Crippen LogP contribution in [0.3, 0.4) is 0 Å². The molecule has 3 aromatic rings. The molecular formula is C21H28N4O. The zero-order chi connectivity index (χ0) is 18.4. The van der Waals surface area contributed by atoms with Crippen LogP contribution in [0, 0.1) is 0 Å². The van der Waals surface area contributed by atoms with Crippen molar-refractivity contribution in [3.05, 3.63) is 48.3 Å². The SMILES string of the molecule is CC.OCc1cccc2c1ccn2-c1ccnc(NC2CCCCC2)n1. The number of nitrogens with one attached hydrogen (secondary N) is 1. The summed E-state index contributed by atoms with van der Waals surface area (Å²) in [5.41, 5.74) is 1.98. The Labute approximate surface area is 155 Å². The van der Waals surface area contributed by atoms with Crippen molar-refractivity contribution in [2.45, 2.75) is 58.6 Å². The van der Waals surface area contributed by atoms with Crippen LogP contribution < -0.4 is 5.32 Å². The molecule has 0 atom stereocenters. The van der Waals surface area contributed by atoms with Gasteiger partial charge >= 0.3 is 0 Å². The first kappa shape index (κ1) is 18.4. The zero-order valence-corrected chi connectivity index (χ0v) is 15.7. The number of fused-ring (bicyclic) bond motifs is 1. The molecular weight excluding hydrogens is 324 g/mol.